The number of hydrogen-bond acceptors (Lipinski definition) is 4. The van der Waals surface area contributed by atoms with Crippen molar-refractivity contribution in [3.63, 3.8) is 0 Å². The summed E-state index contributed by atoms with van der Waals surface area (Å²) < 4.78 is 6.32. The molecule has 2 rings (SSSR count). The lowest BCUT2D eigenvalue weighted by molar-refractivity contribution is -0.123. The van der Waals surface area contributed by atoms with E-state index in [4.69, 9.17) is 27.9 Å². The van der Waals surface area contributed by atoms with Crippen LogP contribution in [0.1, 0.15) is 9.75 Å². The van der Waals surface area contributed by atoms with Crippen LogP contribution in [0.15, 0.2) is 33.8 Å². The van der Waals surface area contributed by atoms with Crippen molar-refractivity contribution < 1.29 is 9.53 Å². The van der Waals surface area contributed by atoms with Gasteiger partial charge in [0.2, 0.25) is 0 Å². The number of nitrogens with one attached hydrogen (secondary N) is 1. The first kappa shape index (κ1) is 17.3. The van der Waals surface area contributed by atoms with E-state index in [0.717, 1.165) is 14.2 Å². The standard InChI is InChI=1S/C14H11BrCl2N2O2S/c1-8-11(15)5-10(22-8)6-18-19-14(20)7-21-13-3-2-9(16)4-12(13)17/h2-6H,7H2,1H3,(H,19,20)/b18-6+. The van der Waals surface area contributed by atoms with Crippen molar-refractivity contribution >= 4 is 62.6 Å². The Bertz CT molecular complexity index is 699. The second kappa shape index (κ2) is 7.97. The number of ether oxygens (including phenoxy) is 1. The summed E-state index contributed by atoms with van der Waals surface area (Å²) in [6.45, 7) is 1.81. The number of amides is 1. The summed E-state index contributed by atoms with van der Waals surface area (Å²) in [6, 6.07) is 6.72. The van der Waals surface area contributed by atoms with Crippen molar-refractivity contribution in [2.75, 3.05) is 6.61 Å². The normalized spacial score (nSPS) is 10.9. The molecule has 8 heteroatoms. The lowest BCUT2D eigenvalue weighted by Gasteiger charge is -2.06. The summed E-state index contributed by atoms with van der Waals surface area (Å²) >= 11 is 16.7. The molecule has 0 aliphatic heterocycles. The second-order valence-corrected chi connectivity index (χ2v) is 7.20. The fourth-order valence-corrected chi connectivity index (χ4v) is 3.38. The molecule has 0 fully saturated rings. The Kier molecular flexibility index (Phi) is 6.26. The van der Waals surface area contributed by atoms with Gasteiger partial charge >= 0.3 is 0 Å². The number of thiophene rings is 1. The van der Waals surface area contributed by atoms with Crippen molar-refractivity contribution in [1.29, 1.82) is 0 Å². The van der Waals surface area contributed by atoms with Gasteiger partial charge in [-0.3, -0.25) is 4.79 Å². The molecule has 0 aliphatic carbocycles. The van der Waals surface area contributed by atoms with Crippen molar-refractivity contribution in [2.45, 2.75) is 6.92 Å². The number of halogens is 3. The molecule has 0 atom stereocenters. The van der Waals surface area contributed by atoms with Gasteiger partial charge in [-0.25, -0.2) is 5.43 Å². The van der Waals surface area contributed by atoms with Gasteiger partial charge in [0.05, 0.1) is 11.2 Å². The first-order chi connectivity index (χ1) is 10.5. The third kappa shape index (κ3) is 4.98. The maximum atomic E-state index is 11.6. The summed E-state index contributed by atoms with van der Waals surface area (Å²) in [6.07, 6.45) is 1.58. The Hall–Kier alpha value is -1.08. The van der Waals surface area contributed by atoms with Gasteiger partial charge in [0.15, 0.2) is 6.61 Å². The molecular formula is C14H11BrCl2N2O2S. The topological polar surface area (TPSA) is 50.7 Å². The molecule has 0 saturated heterocycles. The minimum Gasteiger partial charge on any atom is -0.482 e. The van der Waals surface area contributed by atoms with E-state index in [-0.39, 0.29) is 12.5 Å². The SMILES string of the molecule is Cc1sc(/C=N/NC(=O)COc2ccc(Cl)cc2Cl)cc1Br. The van der Waals surface area contributed by atoms with Crippen molar-refractivity contribution in [1.82, 2.24) is 5.43 Å². The van der Waals surface area contributed by atoms with Crippen molar-refractivity contribution in [2.24, 2.45) is 5.10 Å². The molecule has 0 saturated carbocycles. The van der Waals surface area contributed by atoms with E-state index in [1.807, 2.05) is 13.0 Å². The van der Waals surface area contributed by atoms with Gasteiger partial charge < -0.3 is 4.74 Å². The van der Waals surface area contributed by atoms with E-state index in [0.29, 0.717) is 15.8 Å². The van der Waals surface area contributed by atoms with Gasteiger partial charge in [-0.15, -0.1) is 11.3 Å². The minimum absolute atomic E-state index is 0.189. The Balaban J connectivity index is 1.83. The lowest BCUT2D eigenvalue weighted by atomic mass is 10.3. The van der Waals surface area contributed by atoms with Crippen molar-refractivity contribution in [3.05, 3.63) is 48.5 Å². The van der Waals surface area contributed by atoms with E-state index in [2.05, 4.69) is 26.5 Å². The molecule has 22 heavy (non-hydrogen) atoms. The third-order valence-electron chi connectivity index (χ3n) is 2.51. The van der Waals surface area contributed by atoms with Gasteiger partial charge in [-0.1, -0.05) is 23.2 Å². The first-order valence-corrected chi connectivity index (χ1v) is 8.48. The zero-order chi connectivity index (χ0) is 16.1. The van der Waals surface area contributed by atoms with Crippen LogP contribution in [-0.4, -0.2) is 18.7 Å². The van der Waals surface area contributed by atoms with Crippen LogP contribution in [-0.2, 0) is 4.79 Å². The number of hydrazone groups is 1. The molecule has 1 aromatic carbocycles. The van der Waals surface area contributed by atoms with E-state index in [9.17, 15) is 4.79 Å². The molecular weight excluding hydrogens is 411 g/mol. The highest BCUT2D eigenvalue weighted by Gasteiger charge is 2.06. The summed E-state index contributed by atoms with van der Waals surface area (Å²) in [4.78, 5) is 13.7. The molecule has 116 valence electrons. The van der Waals surface area contributed by atoms with Crippen LogP contribution in [0.3, 0.4) is 0 Å². The number of hydrogen-bond donors (Lipinski definition) is 1. The zero-order valence-corrected chi connectivity index (χ0v) is 15.3. The summed E-state index contributed by atoms with van der Waals surface area (Å²) in [5.74, 6) is 0.0117. The highest BCUT2D eigenvalue weighted by atomic mass is 79.9. The number of aryl methyl sites for hydroxylation is 1. The first-order valence-electron chi connectivity index (χ1n) is 6.11. The smallest absolute Gasteiger partial charge is 0.277 e. The number of carbonyl (C=O) groups excluding carboxylic acids is 1. The van der Waals surface area contributed by atoms with Gasteiger partial charge in [0.25, 0.3) is 5.91 Å². The highest BCUT2D eigenvalue weighted by molar-refractivity contribution is 9.10. The molecule has 0 aliphatic rings. The summed E-state index contributed by atoms with van der Waals surface area (Å²) in [5.41, 5.74) is 2.39. The molecule has 2 aromatic rings. The predicted octanol–water partition coefficient (Wildman–Crippen LogP) is 4.65. The number of nitrogens with zero attached hydrogens (tertiary/aromatic N) is 1. The molecule has 1 heterocycles. The summed E-state index contributed by atoms with van der Waals surface area (Å²) in [7, 11) is 0. The minimum atomic E-state index is -0.380. The molecule has 1 N–H and O–H groups in total. The molecule has 4 nitrogen and oxygen atoms in total. The molecule has 0 spiro atoms. The van der Waals surface area contributed by atoms with Crippen LogP contribution in [0, 0.1) is 6.92 Å². The van der Waals surface area contributed by atoms with Gasteiger partial charge in [-0.2, -0.15) is 5.10 Å². The predicted molar refractivity (Wildman–Crippen MR) is 94.4 cm³/mol. The molecule has 0 bridgehead atoms. The fraction of sp³-hybridized carbons (Fsp3) is 0.143. The van der Waals surface area contributed by atoms with Crippen LogP contribution in [0.25, 0.3) is 0 Å². The zero-order valence-electron chi connectivity index (χ0n) is 11.4. The van der Waals surface area contributed by atoms with Crippen molar-refractivity contribution in [3.8, 4) is 5.75 Å². The summed E-state index contributed by atoms with van der Waals surface area (Å²) in [5, 5.41) is 4.73. The van der Waals surface area contributed by atoms with E-state index < -0.39 is 0 Å². The molecule has 0 unspecified atom stereocenters. The highest BCUT2D eigenvalue weighted by Crippen LogP contribution is 2.27. The monoisotopic (exact) mass is 420 g/mol. The molecule has 0 radical (unpaired) electrons. The third-order valence-corrected chi connectivity index (χ3v) is 5.11. The number of carbonyl (C=O) groups is 1. The molecule has 1 aromatic heterocycles. The quantitative estimate of drug-likeness (QED) is 0.564. The van der Waals surface area contributed by atoms with Gasteiger partial charge in [0.1, 0.15) is 5.75 Å². The van der Waals surface area contributed by atoms with E-state index in [1.165, 1.54) is 0 Å². The van der Waals surface area contributed by atoms with Crippen LogP contribution < -0.4 is 10.2 Å². The fourth-order valence-electron chi connectivity index (χ4n) is 1.48. The van der Waals surface area contributed by atoms with E-state index >= 15 is 0 Å². The maximum Gasteiger partial charge on any atom is 0.277 e. The van der Waals surface area contributed by atoms with Crippen LogP contribution in [0.2, 0.25) is 10.0 Å². The van der Waals surface area contributed by atoms with Gasteiger partial charge in [0, 0.05) is 19.2 Å². The Morgan fingerprint density at radius 2 is 2.23 bits per heavy atom. The van der Waals surface area contributed by atoms with Crippen LogP contribution in [0.5, 0.6) is 5.75 Å². The average Bonchev–Trinajstić information content (AvgIpc) is 2.76. The van der Waals surface area contributed by atoms with Crippen LogP contribution >= 0.6 is 50.5 Å². The lowest BCUT2D eigenvalue weighted by Crippen LogP contribution is -2.24. The van der Waals surface area contributed by atoms with Gasteiger partial charge in [-0.05, 0) is 47.1 Å². The average molecular weight is 422 g/mol. The second-order valence-electron chi connectivity index (χ2n) is 4.21. The molecule has 1 amide bonds. The Morgan fingerprint density at radius 1 is 1.45 bits per heavy atom. The number of benzene rings is 1. The Morgan fingerprint density at radius 3 is 2.86 bits per heavy atom. The number of rotatable bonds is 5. The van der Waals surface area contributed by atoms with E-state index in [1.54, 1.807) is 35.8 Å². The Labute approximate surface area is 150 Å². The maximum absolute atomic E-state index is 11.6. The largest absolute Gasteiger partial charge is 0.482 e. The van der Waals surface area contributed by atoms with Crippen LogP contribution in [0.4, 0.5) is 0 Å².